The average Bonchev–Trinajstić information content (AvgIpc) is 2.92. The van der Waals surface area contributed by atoms with Crippen LogP contribution in [0.3, 0.4) is 0 Å². The fraction of sp³-hybridized carbons (Fsp3) is 0.529. The van der Waals surface area contributed by atoms with Crippen LogP contribution in [0, 0.1) is 6.92 Å². The number of nitrogens with one attached hydrogen (secondary N) is 2. The van der Waals surface area contributed by atoms with Crippen molar-refractivity contribution < 1.29 is 9.53 Å². The topological polar surface area (TPSA) is 79.6 Å². The number of fused-ring (bicyclic) bond motifs is 1. The van der Waals surface area contributed by atoms with Gasteiger partial charge in [0.2, 0.25) is 0 Å². The van der Waals surface area contributed by atoms with Crippen molar-refractivity contribution >= 4 is 34.8 Å². The summed E-state index contributed by atoms with van der Waals surface area (Å²) < 4.78 is 5.52. The van der Waals surface area contributed by atoms with Gasteiger partial charge in [-0.05, 0) is 58.0 Å². The molecule has 1 heterocycles. The Bertz CT molecular complexity index is 640. The monoisotopic (exact) mass is 350 g/mol. The first kappa shape index (κ1) is 18.5. The maximum atomic E-state index is 12.5. The second kappa shape index (κ2) is 7.36. The van der Waals surface area contributed by atoms with Crippen LogP contribution in [-0.4, -0.2) is 36.4 Å². The predicted molar refractivity (Wildman–Crippen MR) is 102 cm³/mol. The number of carbonyl (C=O) groups is 1. The quantitative estimate of drug-likeness (QED) is 0.727. The molecule has 1 amide bonds. The minimum Gasteiger partial charge on any atom is -0.443 e. The molecule has 0 aliphatic carbocycles. The van der Waals surface area contributed by atoms with Crippen LogP contribution in [0.2, 0.25) is 0 Å². The van der Waals surface area contributed by atoms with Crippen molar-refractivity contribution in [3.05, 3.63) is 23.3 Å². The van der Waals surface area contributed by atoms with Crippen LogP contribution in [-0.2, 0) is 11.2 Å². The number of ether oxygens (including phenoxy) is 1. The molecule has 0 saturated heterocycles. The number of thiocarbonyl (C=S) groups is 1. The lowest BCUT2D eigenvalue weighted by atomic mass is 10.1. The van der Waals surface area contributed by atoms with Crippen LogP contribution < -0.4 is 21.3 Å². The molecule has 7 heteroatoms. The van der Waals surface area contributed by atoms with Gasteiger partial charge in [0.1, 0.15) is 5.60 Å². The van der Waals surface area contributed by atoms with Crippen LogP contribution in [0.4, 0.5) is 16.2 Å². The van der Waals surface area contributed by atoms with Gasteiger partial charge in [0, 0.05) is 30.9 Å². The van der Waals surface area contributed by atoms with Crippen molar-refractivity contribution in [2.45, 2.75) is 39.7 Å². The van der Waals surface area contributed by atoms with Crippen LogP contribution in [0.5, 0.6) is 0 Å². The number of hydrogen-bond donors (Lipinski definition) is 3. The van der Waals surface area contributed by atoms with E-state index in [9.17, 15) is 4.79 Å². The van der Waals surface area contributed by atoms with Crippen molar-refractivity contribution in [1.29, 1.82) is 0 Å². The number of anilines is 2. The SMILES string of the molecule is Cc1ccc(NC(=S)NCCN)c2c1N(C(=O)OC(C)(C)C)CC2. The number of amides is 1. The molecular weight excluding hydrogens is 324 g/mol. The number of rotatable bonds is 3. The summed E-state index contributed by atoms with van der Waals surface area (Å²) >= 11 is 5.28. The molecule has 0 atom stereocenters. The summed E-state index contributed by atoms with van der Waals surface area (Å²) in [5.74, 6) is 0. The second-order valence-electron chi connectivity index (χ2n) is 6.81. The van der Waals surface area contributed by atoms with E-state index < -0.39 is 5.60 Å². The second-order valence-corrected chi connectivity index (χ2v) is 7.22. The van der Waals surface area contributed by atoms with E-state index in [4.69, 9.17) is 22.7 Å². The number of benzene rings is 1. The molecule has 2 rings (SSSR count). The average molecular weight is 350 g/mol. The smallest absolute Gasteiger partial charge is 0.414 e. The standard InChI is InChI=1S/C17H26N4O2S/c1-11-5-6-13(20-15(24)19-9-8-18)12-7-10-21(14(11)12)16(22)23-17(2,3)4/h5-6H,7-10,18H2,1-4H3,(H2,19,20,24). The zero-order chi connectivity index (χ0) is 17.9. The first-order valence-electron chi connectivity index (χ1n) is 8.11. The molecule has 0 bridgehead atoms. The number of aryl methyl sites for hydroxylation is 1. The Kier molecular flexibility index (Phi) is 5.66. The summed E-state index contributed by atoms with van der Waals surface area (Å²) in [5, 5.41) is 6.77. The van der Waals surface area contributed by atoms with Gasteiger partial charge < -0.3 is 21.1 Å². The third-order valence-electron chi connectivity index (χ3n) is 3.63. The van der Waals surface area contributed by atoms with Gasteiger partial charge in [0.15, 0.2) is 5.11 Å². The van der Waals surface area contributed by atoms with Gasteiger partial charge in [-0.2, -0.15) is 0 Å². The summed E-state index contributed by atoms with van der Waals surface area (Å²) in [6.07, 6.45) is 0.447. The molecule has 0 fully saturated rings. The lowest BCUT2D eigenvalue weighted by molar-refractivity contribution is 0.0584. The number of nitrogens with zero attached hydrogens (tertiary/aromatic N) is 1. The first-order chi connectivity index (χ1) is 11.2. The summed E-state index contributed by atoms with van der Waals surface area (Å²) in [4.78, 5) is 14.2. The maximum Gasteiger partial charge on any atom is 0.414 e. The van der Waals surface area contributed by atoms with Crippen molar-refractivity contribution in [3.63, 3.8) is 0 Å². The van der Waals surface area contributed by atoms with Crippen LogP contribution in [0.25, 0.3) is 0 Å². The minimum absolute atomic E-state index is 0.315. The molecule has 1 aromatic rings. The highest BCUT2D eigenvalue weighted by atomic mass is 32.1. The Morgan fingerprint density at radius 1 is 1.42 bits per heavy atom. The fourth-order valence-electron chi connectivity index (χ4n) is 2.69. The van der Waals surface area contributed by atoms with Gasteiger partial charge in [-0.25, -0.2) is 4.79 Å². The number of nitrogens with two attached hydrogens (primary N) is 1. The Balaban J connectivity index is 2.23. The Morgan fingerprint density at radius 3 is 2.75 bits per heavy atom. The lowest BCUT2D eigenvalue weighted by Crippen LogP contribution is -2.36. The first-order valence-corrected chi connectivity index (χ1v) is 8.51. The Hall–Kier alpha value is -1.86. The largest absolute Gasteiger partial charge is 0.443 e. The zero-order valence-corrected chi connectivity index (χ0v) is 15.5. The molecule has 24 heavy (non-hydrogen) atoms. The van der Waals surface area contributed by atoms with E-state index in [1.165, 1.54) is 0 Å². The zero-order valence-electron chi connectivity index (χ0n) is 14.7. The molecule has 0 saturated carbocycles. The Labute approximate surface area is 148 Å². The highest BCUT2D eigenvalue weighted by Gasteiger charge is 2.31. The molecule has 6 nitrogen and oxygen atoms in total. The van der Waals surface area contributed by atoms with Crippen molar-refractivity contribution in [3.8, 4) is 0 Å². The third kappa shape index (κ3) is 4.36. The maximum absolute atomic E-state index is 12.5. The minimum atomic E-state index is -0.517. The molecule has 0 aromatic heterocycles. The Morgan fingerprint density at radius 2 is 2.12 bits per heavy atom. The summed E-state index contributed by atoms with van der Waals surface area (Å²) in [6.45, 7) is 9.34. The predicted octanol–water partition coefficient (Wildman–Crippen LogP) is 2.54. The van der Waals surface area contributed by atoms with Gasteiger partial charge >= 0.3 is 6.09 Å². The van der Waals surface area contributed by atoms with Crippen LogP contribution in [0.1, 0.15) is 31.9 Å². The van der Waals surface area contributed by atoms with Crippen molar-refractivity contribution in [1.82, 2.24) is 5.32 Å². The molecule has 1 aliphatic rings. The highest BCUT2D eigenvalue weighted by molar-refractivity contribution is 7.80. The lowest BCUT2D eigenvalue weighted by Gasteiger charge is -2.26. The van der Waals surface area contributed by atoms with E-state index in [-0.39, 0.29) is 6.09 Å². The fourth-order valence-corrected chi connectivity index (χ4v) is 2.90. The molecular formula is C17H26N4O2S. The summed E-state index contributed by atoms with van der Waals surface area (Å²) in [7, 11) is 0. The number of carbonyl (C=O) groups excluding carboxylic acids is 1. The third-order valence-corrected chi connectivity index (χ3v) is 3.88. The molecule has 0 radical (unpaired) electrons. The molecule has 0 unspecified atom stereocenters. The highest BCUT2D eigenvalue weighted by Crippen LogP contribution is 2.37. The van der Waals surface area contributed by atoms with E-state index in [1.54, 1.807) is 4.90 Å². The van der Waals surface area contributed by atoms with Crippen LogP contribution >= 0.6 is 12.2 Å². The van der Waals surface area contributed by atoms with Gasteiger partial charge in [0.05, 0.1) is 5.69 Å². The van der Waals surface area contributed by atoms with Gasteiger partial charge in [-0.1, -0.05) is 6.07 Å². The normalized spacial score (nSPS) is 13.5. The molecule has 132 valence electrons. The van der Waals surface area contributed by atoms with E-state index in [1.807, 2.05) is 39.8 Å². The van der Waals surface area contributed by atoms with Crippen molar-refractivity contribution in [2.24, 2.45) is 5.73 Å². The molecule has 0 spiro atoms. The van der Waals surface area contributed by atoms with Gasteiger partial charge in [-0.3, -0.25) is 4.90 Å². The van der Waals surface area contributed by atoms with Crippen LogP contribution in [0.15, 0.2) is 12.1 Å². The summed E-state index contributed by atoms with van der Waals surface area (Å²) in [5.41, 5.74) is 8.91. The van der Waals surface area contributed by atoms with Gasteiger partial charge in [-0.15, -0.1) is 0 Å². The molecule has 4 N–H and O–H groups in total. The van der Waals surface area contributed by atoms with E-state index in [2.05, 4.69) is 10.6 Å². The van der Waals surface area contributed by atoms with E-state index in [0.717, 1.165) is 28.9 Å². The number of hydrogen-bond acceptors (Lipinski definition) is 4. The summed E-state index contributed by atoms with van der Waals surface area (Å²) in [6, 6.07) is 3.97. The van der Waals surface area contributed by atoms with Gasteiger partial charge in [0.25, 0.3) is 0 Å². The van der Waals surface area contributed by atoms with E-state index >= 15 is 0 Å². The molecule has 1 aliphatic heterocycles. The van der Waals surface area contributed by atoms with E-state index in [0.29, 0.717) is 24.7 Å². The van der Waals surface area contributed by atoms with Crippen molar-refractivity contribution in [2.75, 3.05) is 29.9 Å². The molecule has 1 aromatic carbocycles.